The first kappa shape index (κ1) is 22.3. The summed E-state index contributed by atoms with van der Waals surface area (Å²) >= 11 is 0. The van der Waals surface area contributed by atoms with Gasteiger partial charge in [0.2, 0.25) is 15.9 Å². The fraction of sp³-hybridized carbons (Fsp3) is 0.810. The summed E-state index contributed by atoms with van der Waals surface area (Å²) in [4.78, 5) is 13.1. The highest BCUT2D eigenvalue weighted by Gasteiger charge is 2.36. The first-order chi connectivity index (χ1) is 13.5. The van der Waals surface area contributed by atoms with E-state index in [-0.39, 0.29) is 29.3 Å². The third-order valence-corrected chi connectivity index (χ3v) is 8.83. The van der Waals surface area contributed by atoms with Crippen molar-refractivity contribution in [2.45, 2.75) is 77.2 Å². The van der Waals surface area contributed by atoms with Gasteiger partial charge in [-0.25, -0.2) is 8.42 Å². The predicted octanol–water partition coefficient (Wildman–Crippen LogP) is 2.85. The topological polar surface area (TPSA) is 84.3 Å². The van der Waals surface area contributed by atoms with Gasteiger partial charge < -0.3 is 5.32 Å². The van der Waals surface area contributed by atoms with Crippen molar-refractivity contribution in [1.82, 2.24) is 19.4 Å². The number of hydrogen-bond acceptors (Lipinski definition) is 4. The quantitative estimate of drug-likeness (QED) is 0.805. The van der Waals surface area contributed by atoms with Crippen molar-refractivity contribution in [1.29, 1.82) is 0 Å². The molecule has 1 saturated carbocycles. The summed E-state index contributed by atoms with van der Waals surface area (Å²) < 4.78 is 29.1. The lowest BCUT2D eigenvalue weighted by Crippen LogP contribution is -2.48. The van der Waals surface area contributed by atoms with Crippen LogP contribution in [0.4, 0.5) is 0 Å². The van der Waals surface area contributed by atoms with Crippen molar-refractivity contribution < 1.29 is 13.2 Å². The molecule has 0 bridgehead atoms. The minimum absolute atomic E-state index is 0.00650. The number of sulfonamides is 1. The number of nitrogens with zero attached hydrogens (tertiary/aromatic N) is 3. The molecule has 29 heavy (non-hydrogen) atoms. The van der Waals surface area contributed by atoms with Crippen molar-refractivity contribution in [3.05, 3.63) is 11.9 Å². The van der Waals surface area contributed by atoms with Gasteiger partial charge in [-0.3, -0.25) is 9.48 Å². The lowest BCUT2D eigenvalue weighted by Gasteiger charge is -2.38. The molecule has 2 fully saturated rings. The number of amides is 1. The van der Waals surface area contributed by atoms with E-state index < -0.39 is 10.0 Å². The normalized spacial score (nSPS) is 27.0. The maximum Gasteiger partial charge on any atom is 0.246 e. The van der Waals surface area contributed by atoms with Crippen molar-refractivity contribution in [2.75, 3.05) is 13.1 Å². The van der Waals surface area contributed by atoms with Crippen LogP contribution < -0.4 is 5.32 Å². The van der Waals surface area contributed by atoms with E-state index in [2.05, 4.69) is 31.2 Å². The summed E-state index contributed by atoms with van der Waals surface area (Å²) in [5.74, 6) is 0.427. The lowest BCUT2D eigenvalue weighted by atomic mass is 9.71. The van der Waals surface area contributed by atoms with Crippen molar-refractivity contribution in [3.63, 3.8) is 0 Å². The van der Waals surface area contributed by atoms with Gasteiger partial charge in [0.15, 0.2) is 0 Å². The number of hydrogen-bond donors (Lipinski definition) is 1. The number of nitrogens with one attached hydrogen (secondary N) is 1. The van der Waals surface area contributed by atoms with Gasteiger partial charge in [0.25, 0.3) is 0 Å². The Morgan fingerprint density at radius 1 is 1.17 bits per heavy atom. The van der Waals surface area contributed by atoms with Crippen LogP contribution >= 0.6 is 0 Å². The average Bonchev–Trinajstić information content (AvgIpc) is 3.01. The van der Waals surface area contributed by atoms with E-state index in [9.17, 15) is 13.2 Å². The van der Waals surface area contributed by atoms with Crippen LogP contribution in [0.3, 0.4) is 0 Å². The molecule has 1 aromatic heterocycles. The van der Waals surface area contributed by atoms with Gasteiger partial charge >= 0.3 is 0 Å². The maximum absolute atomic E-state index is 13.1. The second-order valence-corrected chi connectivity index (χ2v) is 11.7. The summed E-state index contributed by atoms with van der Waals surface area (Å²) in [5, 5.41) is 7.27. The van der Waals surface area contributed by atoms with Gasteiger partial charge in [-0.15, -0.1) is 0 Å². The van der Waals surface area contributed by atoms with Gasteiger partial charge in [0.1, 0.15) is 4.90 Å². The Balaban J connectivity index is 1.59. The molecule has 0 aromatic carbocycles. The van der Waals surface area contributed by atoms with Gasteiger partial charge in [-0.1, -0.05) is 20.8 Å². The van der Waals surface area contributed by atoms with Gasteiger partial charge in [0.05, 0.1) is 17.8 Å². The molecule has 0 radical (unpaired) electrons. The predicted molar refractivity (Wildman–Crippen MR) is 113 cm³/mol. The van der Waals surface area contributed by atoms with Crippen LogP contribution in [0.15, 0.2) is 11.1 Å². The Morgan fingerprint density at radius 3 is 2.38 bits per heavy atom. The van der Waals surface area contributed by atoms with Crippen LogP contribution in [-0.4, -0.2) is 47.5 Å². The fourth-order valence-corrected chi connectivity index (χ4v) is 6.38. The van der Waals surface area contributed by atoms with E-state index in [1.807, 2.05) is 0 Å². The molecule has 1 aliphatic heterocycles. The zero-order valence-electron chi connectivity index (χ0n) is 18.4. The van der Waals surface area contributed by atoms with Crippen molar-refractivity contribution >= 4 is 15.9 Å². The van der Waals surface area contributed by atoms with Gasteiger partial charge in [0, 0.05) is 26.2 Å². The molecule has 0 spiro atoms. The number of carbonyl (C=O) groups is 1. The van der Waals surface area contributed by atoms with E-state index in [1.165, 1.54) is 10.5 Å². The summed E-state index contributed by atoms with van der Waals surface area (Å²) in [7, 11) is -1.89. The number of carbonyl (C=O) groups excluding carboxylic acids is 1. The highest BCUT2D eigenvalue weighted by Crippen LogP contribution is 2.38. The molecule has 1 aliphatic carbocycles. The highest BCUT2D eigenvalue weighted by molar-refractivity contribution is 7.89. The molecule has 3 rings (SSSR count). The molecule has 0 unspecified atom stereocenters. The van der Waals surface area contributed by atoms with E-state index in [4.69, 9.17) is 0 Å². The molecule has 8 heteroatoms. The Bertz CT molecular complexity index is 833. The second kappa shape index (κ2) is 8.38. The van der Waals surface area contributed by atoms with Crippen LogP contribution in [0.1, 0.15) is 65.0 Å². The van der Waals surface area contributed by atoms with Crippen LogP contribution in [0.25, 0.3) is 0 Å². The van der Waals surface area contributed by atoms with Crippen LogP contribution in [0.5, 0.6) is 0 Å². The van der Waals surface area contributed by atoms with Crippen molar-refractivity contribution in [2.24, 2.45) is 24.3 Å². The molecule has 7 nitrogen and oxygen atoms in total. The SMILES string of the molecule is Cc1c(S(=O)(=O)N2CCC[C@@H](C(=O)NC3CCC(C(C)(C)C)CC3)C2)cnn1C. The third kappa shape index (κ3) is 4.85. The van der Waals surface area contributed by atoms with E-state index >= 15 is 0 Å². The zero-order valence-corrected chi connectivity index (χ0v) is 19.3. The molecule has 1 N–H and O–H groups in total. The smallest absolute Gasteiger partial charge is 0.246 e. The average molecular weight is 425 g/mol. The molecule has 2 aliphatic rings. The van der Waals surface area contributed by atoms with E-state index in [0.29, 0.717) is 30.0 Å². The molecule has 1 saturated heterocycles. The van der Waals surface area contributed by atoms with Crippen molar-refractivity contribution in [3.8, 4) is 0 Å². The van der Waals surface area contributed by atoms with Gasteiger partial charge in [-0.2, -0.15) is 9.40 Å². The molecule has 2 heterocycles. The minimum Gasteiger partial charge on any atom is -0.353 e. The third-order valence-electron chi connectivity index (χ3n) is 6.86. The largest absolute Gasteiger partial charge is 0.353 e. The van der Waals surface area contributed by atoms with Crippen LogP contribution in [0.2, 0.25) is 0 Å². The maximum atomic E-state index is 13.1. The van der Waals surface area contributed by atoms with Gasteiger partial charge in [-0.05, 0) is 56.8 Å². The summed E-state index contributed by atoms with van der Waals surface area (Å²) in [6, 6.07) is 0.216. The van der Waals surface area contributed by atoms with E-state index in [1.54, 1.807) is 18.7 Å². The molecule has 1 aromatic rings. The second-order valence-electron chi connectivity index (χ2n) is 9.84. The Hall–Kier alpha value is -1.41. The summed E-state index contributed by atoms with van der Waals surface area (Å²) in [6.07, 6.45) is 7.14. The summed E-state index contributed by atoms with van der Waals surface area (Å²) in [5.41, 5.74) is 0.935. The number of rotatable bonds is 4. The molecule has 1 atom stereocenters. The van der Waals surface area contributed by atoms with E-state index in [0.717, 1.165) is 32.1 Å². The standard InChI is InChI=1S/C21H36N4O3S/c1-15-19(13-22-24(15)5)29(27,28)25-12-6-7-16(14-25)20(26)23-18-10-8-17(9-11-18)21(2,3)4/h13,16-18H,6-12,14H2,1-5H3,(H,23,26)/t16-,17?,18?/m1/s1. The summed E-state index contributed by atoms with van der Waals surface area (Å²) in [6.45, 7) is 9.33. The molecular weight excluding hydrogens is 388 g/mol. The van der Waals surface area contributed by atoms with Crippen LogP contribution in [0, 0.1) is 24.2 Å². The lowest BCUT2D eigenvalue weighted by molar-refractivity contribution is -0.127. The molecular formula is C21H36N4O3S. The molecule has 164 valence electrons. The highest BCUT2D eigenvalue weighted by atomic mass is 32.2. The Kier molecular flexibility index (Phi) is 6.44. The first-order valence-corrected chi connectivity index (χ1v) is 12.2. The molecule has 1 amide bonds. The number of aromatic nitrogens is 2. The fourth-order valence-electron chi connectivity index (χ4n) is 4.67. The zero-order chi connectivity index (χ0) is 21.4. The van der Waals surface area contributed by atoms with Crippen LogP contribution in [-0.2, 0) is 21.9 Å². The minimum atomic E-state index is -3.63. The monoisotopic (exact) mass is 424 g/mol. The Morgan fingerprint density at radius 2 is 1.83 bits per heavy atom. The number of aryl methyl sites for hydroxylation is 1. The number of piperidine rings is 1. The first-order valence-electron chi connectivity index (χ1n) is 10.8. The Labute approximate surface area is 175 Å².